The fraction of sp³-hybridized carbons (Fsp3) is 0.296. The number of carbonyl (C=O) groups excluding carboxylic acids is 1. The third-order valence-electron chi connectivity index (χ3n) is 6.72. The lowest BCUT2D eigenvalue weighted by Crippen LogP contribution is -2.40. The number of benzene rings is 3. The fourth-order valence-electron chi connectivity index (χ4n) is 4.57. The van der Waals surface area contributed by atoms with Crippen LogP contribution in [0.3, 0.4) is 0 Å². The van der Waals surface area contributed by atoms with Gasteiger partial charge in [-0.2, -0.15) is 4.31 Å². The van der Waals surface area contributed by atoms with Crippen LogP contribution in [-0.4, -0.2) is 79.7 Å². The van der Waals surface area contributed by atoms with E-state index in [2.05, 4.69) is 10.0 Å². The van der Waals surface area contributed by atoms with E-state index in [1.807, 2.05) is 4.90 Å². The molecule has 3 aromatic carbocycles. The van der Waals surface area contributed by atoms with Crippen molar-refractivity contribution in [1.82, 2.24) is 4.31 Å². The van der Waals surface area contributed by atoms with Crippen molar-refractivity contribution in [3.8, 4) is 0 Å². The van der Waals surface area contributed by atoms with Crippen molar-refractivity contribution in [2.24, 2.45) is 0 Å². The van der Waals surface area contributed by atoms with Gasteiger partial charge in [0.15, 0.2) is 0 Å². The Balaban J connectivity index is 1.47. The average Bonchev–Trinajstić information content (AvgIpc) is 2.98. The normalized spacial score (nSPS) is 16.8. The van der Waals surface area contributed by atoms with Crippen molar-refractivity contribution < 1.29 is 35.5 Å². The van der Waals surface area contributed by atoms with Crippen LogP contribution >= 0.6 is 0 Å². The van der Waals surface area contributed by atoms with Gasteiger partial charge in [-0.3, -0.25) is 9.52 Å². The maximum Gasteiger partial charge on any atom is 0.261 e. The van der Waals surface area contributed by atoms with E-state index in [0.717, 1.165) is 24.3 Å². The summed E-state index contributed by atoms with van der Waals surface area (Å²) in [6.07, 6.45) is 0. The number of carbonyl (C=O) groups is 1. The van der Waals surface area contributed by atoms with Gasteiger partial charge >= 0.3 is 0 Å². The molecule has 2 aliphatic rings. The van der Waals surface area contributed by atoms with Gasteiger partial charge in [0.05, 0.1) is 58.8 Å². The Hall–Kier alpha value is -3.56. The predicted octanol–water partition coefficient (Wildman–Crippen LogP) is 2.74. The van der Waals surface area contributed by atoms with Crippen LogP contribution < -0.4 is 14.9 Å². The van der Waals surface area contributed by atoms with E-state index < -0.39 is 31.8 Å². The monoisotopic (exact) mass is 604 g/mol. The summed E-state index contributed by atoms with van der Waals surface area (Å²) in [4.78, 5) is 15.4. The molecule has 0 spiro atoms. The van der Waals surface area contributed by atoms with Gasteiger partial charge in [-0.1, -0.05) is 12.1 Å². The minimum absolute atomic E-state index is 0.000611. The number of hydrogen-bond acceptors (Lipinski definition) is 8. The number of nitrogens with one attached hydrogen (secondary N) is 2. The first-order chi connectivity index (χ1) is 19.6. The molecule has 0 unspecified atom stereocenters. The molecular weight excluding hydrogens is 575 g/mol. The summed E-state index contributed by atoms with van der Waals surface area (Å²) in [5.74, 6) is -1.24. The van der Waals surface area contributed by atoms with Crippen molar-refractivity contribution in [1.29, 1.82) is 0 Å². The van der Waals surface area contributed by atoms with Crippen molar-refractivity contribution in [2.75, 3.05) is 67.5 Å². The molecule has 5 rings (SSSR count). The number of rotatable bonds is 8. The third-order valence-corrected chi connectivity index (χ3v) is 9.99. The molecule has 0 aliphatic carbocycles. The molecule has 1 amide bonds. The van der Waals surface area contributed by atoms with Gasteiger partial charge in [-0.05, 0) is 54.6 Å². The maximum atomic E-state index is 13.6. The molecule has 14 heteroatoms. The zero-order valence-electron chi connectivity index (χ0n) is 22.0. The number of morpholine rings is 2. The number of ether oxygens (including phenoxy) is 2. The molecule has 0 radical (unpaired) electrons. The summed E-state index contributed by atoms with van der Waals surface area (Å²) in [5.41, 5.74) is 0.862. The van der Waals surface area contributed by atoms with Crippen LogP contribution in [0, 0.1) is 5.82 Å². The Morgan fingerprint density at radius 1 is 0.756 bits per heavy atom. The molecule has 0 bridgehead atoms. The van der Waals surface area contributed by atoms with Gasteiger partial charge in [-0.25, -0.2) is 21.2 Å². The van der Waals surface area contributed by atoms with E-state index in [-0.39, 0.29) is 39.8 Å². The topological polar surface area (TPSA) is 134 Å². The zero-order valence-corrected chi connectivity index (χ0v) is 23.6. The Morgan fingerprint density at radius 3 is 2.05 bits per heavy atom. The first-order valence-corrected chi connectivity index (χ1v) is 15.8. The standard InChI is InChI=1S/C27H29FN4O7S2/c28-20-5-7-21(8-6-20)40(34,35)30-24-4-2-1-3-23(24)27(33)29-25-19-22(41(36,37)32-13-17-39-18-14-32)9-10-26(25)31-11-15-38-16-12-31/h1-10,19,30H,11-18H2,(H,29,33). The smallest absolute Gasteiger partial charge is 0.261 e. The maximum absolute atomic E-state index is 13.6. The number of sulfonamides is 2. The highest BCUT2D eigenvalue weighted by molar-refractivity contribution is 7.92. The summed E-state index contributed by atoms with van der Waals surface area (Å²) in [6, 6.07) is 14.9. The van der Waals surface area contributed by atoms with Crippen LogP contribution in [0.25, 0.3) is 0 Å². The van der Waals surface area contributed by atoms with E-state index in [1.54, 1.807) is 18.2 Å². The summed E-state index contributed by atoms with van der Waals surface area (Å²) in [7, 11) is -7.99. The molecular formula is C27H29FN4O7S2. The Kier molecular flexibility index (Phi) is 8.56. The second kappa shape index (κ2) is 12.1. The van der Waals surface area contributed by atoms with Gasteiger partial charge in [0, 0.05) is 26.2 Å². The largest absolute Gasteiger partial charge is 0.379 e. The molecule has 0 aromatic heterocycles. The van der Waals surface area contributed by atoms with Crippen LogP contribution in [0.5, 0.6) is 0 Å². The van der Waals surface area contributed by atoms with Crippen LogP contribution in [0.4, 0.5) is 21.5 Å². The zero-order chi connectivity index (χ0) is 29.0. The first kappa shape index (κ1) is 29.0. The van der Waals surface area contributed by atoms with Crippen molar-refractivity contribution in [3.05, 3.63) is 78.1 Å². The molecule has 2 heterocycles. The second-order valence-corrected chi connectivity index (χ2v) is 13.0. The number of hydrogen-bond donors (Lipinski definition) is 2. The van der Waals surface area contributed by atoms with E-state index in [0.29, 0.717) is 45.2 Å². The highest BCUT2D eigenvalue weighted by atomic mass is 32.2. The quantitative estimate of drug-likeness (QED) is 0.401. The number of para-hydroxylation sites is 1. The van der Waals surface area contributed by atoms with E-state index in [4.69, 9.17) is 9.47 Å². The minimum Gasteiger partial charge on any atom is -0.379 e. The molecule has 0 saturated carbocycles. The molecule has 11 nitrogen and oxygen atoms in total. The third kappa shape index (κ3) is 6.52. The van der Waals surface area contributed by atoms with Gasteiger partial charge in [0.1, 0.15) is 5.82 Å². The molecule has 41 heavy (non-hydrogen) atoms. The summed E-state index contributed by atoms with van der Waals surface area (Å²) in [5, 5.41) is 2.80. The lowest BCUT2D eigenvalue weighted by atomic mass is 10.1. The van der Waals surface area contributed by atoms with Gasteiger partial charge < -0.3 is 19.7 Å². The SMILES string of the molecule is O=C(Nc1cc(S(=O)(=O)N2CCOCC2)ccc1N1CCOCC1)c1ccccc1NS(=O)(=O)c1ccc(F)cc1. The van der Waals surface area contributed by atoms with E-state index >= 15 is 0 Å². The number of anilines is 3. The highest BCUT2D eigenvalue weighted by Gasteiger charge is 2.28. The van der Waals surface area contributed by atoms with E-state index in [1.165, 1.54) is 28.6 Å². The van der Waals surface area contributed by atoms with Crippen LogP contribution in [0.15, 0.2) is 76.5 Å². The van der Waals surface area contributed by atoms with Crippen LogP contribution in [0.2, 0.25) is 0 Å². The first-order valence-electron chi connectivity index (χ1n) is 12.9. The summed E-state index contributed by atoms with van der Waals surface area (Å²) >= 11 is 0. The average molecular weight is 605 g/mol. The Morgan fingerprint density at radius 2 is 1.37 bits per heavy atom. The van der Waals surface area contributed by atoms with Crippen molar-refractivity contribution in [2.45, 2.75) is 9.79 Å². The van der Waals surface area contributed by atoms with Crippen LogP contribution in [0.1, 0.15) is 10.4 Å². The molecule has 2 aliphatic heterocycles. The fourth-order valence-corrected chi connectivity index (χ4v) is 7.08. The molecule has 2 N–H and O–H groups in total. The second-order valence-electron chi connectivity index (χ2n) is 9.35. The summed E-state index contributed by atoms with van der Waals surface area (Å²) < 4.78 is 80.4. The number of nitrogens with zero attached hydrogens (tertiary/aromatic N) is 2. The van der Waals surface area contributed by atoms with Crippen molar-refractivity contribution in [3.63, 3.8) is 0 Å². The molecule has 2 saturated heterocycles. The lowest BCUT2D eigenvalue weighted by Gasteiger charge is -2.31. The van der Waals surface area contributed by atoms with Gasteiger partial charge in [0.25, 0.3) is 15.9 Å². The van der Waals surface area contributed by atoms with E-state index in [9.17, 15) is 26.0 Å². The Bertz CT molecular complexity index is 1620. The number of halogens is 1. The van der Waals surface area contributed by atoms with Gasteiger partial charge in [0.2, 0.25) is 10.0 Å². The molecule has 3 aromatic rings. The van der Waals surface area contributed by atoms with Crippen molar-refractivity contribution >= 4 is 43.0 Å². The highest BCUT2D eigenvalue weighted by Crippen LogP contribution is 2.32. The lowest BCUT2D eigenvalue weighted by molar-refractivity contribution is 0.0730. The molecule has 218 valence electrons. The predicted molar refractivity (Wildman–Crippen MR) is 151 cm³/mol. The van der Waals surface area contributed by atoms with Crippen LogP contribution in [-0.2, 0) is 29.5 Å². The Labute approximate surface area is 238 Å². The molecule has 0 atom stereocenters. The van der Waals surface area contributed by atoms with Gasteiger partial charge in [-0.15, -0.1) is 0 Å². The number of amides is 1. The molecule has 2 fully saturated rings. The summed E-state index contributed by atoms with van der Waals surface area (Å²) in [6.45, 7) is 3.02. The minimum atomic E-state index is -4.14.